The molecule has 0 atom stereocenters. The van der Waals surface area contributed by atoms with Gasteiger partial charge in [-0.1, -0.05) is 0 Å². The summed E-state index contributed by atoms with van der Waals surface area (Å²) in [6.45, 7) is 3.78. The van der Waals surface area contributed by atoms with Crippen LogP contribution in [0.2, 0.25) is 0 Å². The van der Waals surface area contributed by atoms with Crippen LogP contribution in [0.1, 0.15) is 12.0 Å². The zero-order valence-corrected chi connectivity index (χ0v) is 14.5. The van der Waals surface area contributed by atoms with E-state index < -0.39 is 19.5 Å². The van der Waals surface area contributed by atoms with Crippen LogP contribution in [-0.4, -0.2) is 7.11 Å². The molecule has 0 amide bonds. The van der Waals surface area contributed by atoms with Crippen LogP contribution in [0, 0.1) is 0 Å². The van der Waals surface area contributed by atoms with Gasteiger partial charge in [-0.2, -0.15) is 0 Å². The second kappa shape index (κ2) is 10.1. The van der Waals surface area contributed by atoms with Crippen molar-refractivity contribution in [3.05, 3.63) is 58.5 Å². The predicted molar refractivity (Wildman–Crippen MR) is 83.9 cm³/mol. The maximum absolute atomic E-state index is 6.04. The van der Waals surface area contributed by atoms with Crippen molar-refractivity contribution in [3.8, 4) is 11.5 Å². The van der Waals surface area contributed by atoms with Crippen molar-refractivity contribution in [1.29, 1.82) is 0 Å². The van der Waals surface area contributed by atoms with E-state index >= 15 is 0 Å². The zero-order chi connectivity index (χ0) is 12.8. The van der Waals surface area contributed by atoms with Crippen LogP contribution < -0.4 is 8.06 Å². The van der Waals surface area contributed by atoms with Gasteiger partial charge in [-0.3, -0.25) is 0 Å². The monoisotopic (exact) mass is 348 g/mol. The first-order valence-electron chi connectivity index (χ1n) is 5.90. The van der Waals surface area contributed by atoms with Gasteiger partial charge in [-0.15, -0.1) is 24.8 Å². The Bertz CT molecular complexity index is 499. The molecule has 0 spiro atoms. The van der Waals surface area contributed by atoms with Gasteiger partial charge in [0, 0.05) is 0 Å². The van der Waals surface area contributed by atoms with Gasteiger partial charge in [-0.05, 0) is 0 Å². The topological polar surface area (TPSA) is 18.5 Å². The molecule has 20 heavy (non-hydrogen) atoms. The normalized spacial score (nSPS) is 11.8. The van der Waals surface area contributed by atoms with Crippen LogP contribution in [0.5, 0.6) is 11.5 Å². The summed E-state index contributed by atoms with van der Waals surface area (Å²) in [5, 5.41) is 0. The van der Waals surface area contributed by atoms with Gasteiger partial charge >= 0.3 is 118 Å². The molecule has 0 radical (unpaired) electrons. The third-order valence-electron chi connectivity index (χ3n) is 2.70. The number of ether oxygens (including phenoxy) is 1. The summed E-state index contributed by atoms with van der Waals surface area (Å²) in [5.74, 6) is 1.69. The summed E-state index contributed by atoms with van der Waals surface area (Å²) in [5.41, 5.74) is 1.14. The van der Waals surface area contributed by atoms with Crippen LogP contribution in [0.4, 0.5) is 0 Å². The molecular weight excluding hydrogens is 331 g/mol. The van der Waals surface area contributed by atoms with E-state index in [1.165, 1.54) is 3.88 Å². The van der Waals surface area contributed by atoms with E-state index in [0.717, 1.165) is 29.9 Å². The summed E-state index contributed by atoms with van der Waals surface area (Å²) in [6.07, 6.45) is 10.1. The number of allylic oxidation sites excluding steroid dienone is 5. The Hall–Kier alpha value is -0.666. The number of para-hydroxylation sites is 1. The van der Waals surface area contributed by atoms with Crippen molar-refractivity contribution in [3.63, 3.8) is 0 Å². The molecular formula is C15H18Cl2O2Ti. The Morgan fingerprint density at radius 1 is 1.35 bits per heavy atom. The zero-order valence-electron chi connectivity index (χ0n) is 11.3. The maximum atomic E-state index is 6.04. The molecule has 0 fully saturated rings. The predicted octanol–water partition coefficient (Wildman–Crippen LogP) is 4.49. The third-order valence-corrected chi connectivity index (χ3v) is 4.17. The Morgan fingerprint density at radius 3 is 2.75 bits per heavy atom. The van der Waals surface area contributed by atoms with E-state index in [2.05, 4.69) is 30.9 Å². The first-order valence-corrected chi connectivity index (χ1v) is 7.32. The number of methoxy groups -OCH3 is 1. The second-order valence-corrected chi connectivity index (χ2v) is 5.61. The molecule has 1 aliphatic rings. The quantitative estimate of drug-likeness (QED) is 0.557. The Balaban J connectivity index is 0.00000180. The second-order valence-electron chi connectivity index (χ2n) is 3.97. The maximum Gasteiger partial charge on any atom is -0.147 e. The molecule has 0 saturated carbocycles. The van der Waals surface area contributed by atoms with Crippen LogP contribution >= 0.6 is 24.8 Å². The minimum Gasteiger partial charge on any atom is -0.147 e. The van der Waals surface area contributed by atoms with Gasteiger partial charge in [0.25, 0.3) is 0 Å². The molecule has 0 heterocycles. The molecule has 0 aromatic heterocycles. The van der Waals surface area contributed by atoms with E-state index in [0.29, 0.717) is 0 Å². The van der Waals surface area contributed by atoms with Gasteiger partial charge in [0.2, 0.25) is 0 Å². The van der Waals surface area contributed by atoms with Crippen molar-refractivity contribution in [2.45, 2.75) is 12.8 Å². The van der Waals surface area contributed by atoms with Gasteiger partial charge in [0.05, 0.1) is 0 Å². The number of rotatable bonds is 6. The van der Waals surface area contributed by atoms with E-state index in [4.69, 9.17) is 8.06 Å². The van der Waals surface area contributed by atoms with Gasteiger partial charge < -0.3 is 0 Å². The average Bonchev–Trinajstić information content (AvgIpc) is 2.90. The molecule has 2 nitrogen and oxygen atoms in total. The van der Waals surface area contributed by atoms with Crippen LogP contribution in [0.15, 0.2) is 53.0 Å². The van der Waals surface area contributed by atoms with Crippen molar-refractivity contribution in [2.24, 2.45) is 0 Å². The molecule has 5 heteroatoms. The third kappa shape index (κ3) is 5.03. The number of hydrogen-bond acceptors (Lipinski definition) is 2. The molecule has 0 bridgehead atoms. The number of hydrogen-bond donors (Lipinski definition) is 0. The van der Waals surface area contributed by atoms with E-state index in [1.807, 2.05) is 18.2 Å². The van der Waals surface area contributed by atoms with Crippen molar-refractivity contribution in [2.75, 3.05) is 7.11 Å². The molecule has 0 unspecified atom stereocenters. The number of benzene rings is 1. The molecule has 0 N–H and O–H groups in total. The van der Waals surface area contributed by atoms with Crippen molar-refractivity contribution < 1.29 is 27.6 Å². The van der Waals surface area contributed by atoms with Crippen LogP contribution in [0.25, 0.3) is 0 Å². The summed E-state index contributed by atoms with van der Waals surface area (Å²) >= 11 is -0.565. The molecule has 2 rings (SSSR count). The Morgan fingerprint density at radius 2 is 2.15 bits per heavy atom. The fourth-order valence-electron chi connectivity index (χ4n) is 1.79. The average molecular weight is 349 g/mol. The standard InChI is InChI=1S/C10H12O2.C5H5.2ClH.Ti/c1-3-5-8-6-4-7-9(12-2)10(8)11;1-2-4-5-3-1;;;/h3-4,6-7,11H,1,5H2,2H3;1-3H,4H2;2*1H;/q;;;;+1/p-1. The number of halogens is 2. The molecule has 1 aromatic carbocycles. The molecule has 0 aliphatic heterocycles. The fourth-order valence-corrected chi connectivity index (χ4v) is 3.09. The first-order chi connectivity index (χ1) is 8.85. The Kier molecular flexibility index (Phi) is 9.78. The Labute approximate surface area is 142 Å². The van der Waals surface area contributed by atoms with Gasteiger partial charge in [0.15, 0.2) is 0 Å². The molecule has 0 saturated heterocycles. The fraction of sp³-hybridized carbons (Fsp3) is 0.200. The minimum absolute atomic E-state index is 0. The minimum atomic E-state index is -0.565. The molecule has 108 valence electrons. The van der Waals surface area contributed by atoms with E-state index in [-0.39, 0.29) is 24.8 Å². The molecule has 1 aliphatic carbocycles. The van der Waals surface area contributed by atoms with Crippen LogP contribution in [-0.2, 0) is 26.0 Å². The van der Waals surface area contributed by atoms with Crippen LogP contribution in [0.3, 0.4) is 0 Å². The summed E-state index contributed by atoms with van der Waals surface area (Å²) in [7, 11) is 1.68. The summed E-state index contributed by atoms with van der Waals surface area (Å²) in [4.78, 5) is 0. The summed E-state index contributed by atoms with van der Waals surface area (Å²) in [6, 6.07) is 5.99. The van der Waals surface area contributed by atoms with Crippen molar-refractivity contribution in [1.82, 2.24) is 0 Å². The molecule has 1 aromatic rings. The van der Waals surface area contributed by atoms with Crippen molar-refractivity contribution >= 4 is 24.8 Å². The summed E-state index contributed by atoms with van der Waals surface area (Å²) < 4.78 is 12.8. The largest absolute Gasteiger partial charge is 0.147 e. The first kappa shape index (κ1) is 19.3. The van der Waals surface area contributed by atoms with E-state index in [1.54, 1.807) is 7.11 Å². The SMILES string of the molecule is C=CCc1cccc(OC)c1[O][Ti][C]1=CC=CC1.Cl.Cl. The smallest absolute Gasteiger partial charge is 0.147 e. The van der Waals surface area contributed by atoms with Gasteiger partial charge in [-0.25, -0.2) is 0 Å². The van der Waals surface area contributed by atoms with Gasteiger partial charge in [0.1, 0.15) is 0 Å². The van der Waals surface area contributed by atoms with E-state index in [9.17, 15) is 0 Å².